The first-order chi connectivity index (χ1) is 15.1. The molecule has 1 atom stereocenters. The van der Waals surface area contributed by atoms with Crippen LogP contribution in [0, 0.1) is 28.9 Å². The van der Waals surface area contributed by atoms with Crippen molar-refractivity contribution in [1.29, 1.82) is 0 Å². The zero-order valence-electron chi connectivity index (χ0n) is 17.8. The second-order valence-electron chi connectivity index (χ2n) is 9.43. The zero-order valence-corrected chi connectivity index (χ0v) is 17.8. The predicted octanol–water partition coefficient (Wildman–Crippen LogP) is 4.36. The Bertz CT molecular complexity index is 893. The molecular weight excluding hydrogens is 398 g/mol. The minimum absolute atomic E-state index is 0.132. The van der Waals surface area contributed by atoms with Gasteiger partial charge in [-0.05, 0) is 92.8 Å². The van der Waals surface area contributed by atoms with E-state index in [1.54, 1.807) is 12.1 Å². The van der Waals surface area contributed by atoms with Crippen molar-refractivity contribution in [3.63, 3.8) is 0 Å². The minimum atomic E-state index is -0.500. The fourth-order valence-corrected chi connectivity index (χ4v) is 5.30. The number of nitrogens with zero attached hydrogens (tertiary/aromatic N) is 3. The zero-order chi connectivity index (χ0) is 21.3. The molecule has 2 saturated heterocycles. The molecule has 5 nitrogen and oxygen atoms in total. The van der Waals surface area contributed by atoms with Gasteiger partial charge in [-0.2, -0.15) is 0 Å². The van der Waals surface area contributed by atoms with Gasteiger partial charge in [0, 0.05) is 31.9 Å². The van der Waals surface area contributed by atoms with Crippen LogP contribution in [0.2, 0.25) is 0 Å². The van der Waals surface area contributed by atoms with E-state index in [-0.39, 0.29) is 5.56 Å². The second kappa shape index (κ2) is 8.79. The lowest BCUT2D eigenvalue weighted by molar-refractivity contribution is 0.0449. The van der Waals surface area contributed by atoms with Crippen molar-refractivity contribution in [1.82, 2.24) is 15.1 Å². The van der Waals surface area contributed by atoms with Crippen LogP contribution in [0.3, 0.4) is 0 Å². The summed E-state index contributed by atoms with van der Waals surface area (Å²) in [5, 5.41) is 11.6. The molecule has 3 heterocycles. The molecule has 3 aliphatic rings. The predicted molar refractivity (Wildman–Crippen MR) is 116 cm³/mol. The summed E-state index contributed by atoms with van der Waals surface area (Å²) >= 11 is 0. The van der Waals surface area contributed by atoms with E-state index in [9.17, 15) is 8.78 Å². The summed E-state index contributed by atoms with van der Waals surface area (Å²) in [7, 11) is 0. The highest BCUT2D eigenvalue weighted by Gasteiger charge is 2.54. The molecule has 0 bridgehead atoms. The first kappa shape index (κ1) is 20.8. The maximum atomic E-state index is 13.9. The van der Waals surface area contributed by atoms with Gasteiger partial charge < -0.3 is 15.0 Å². The molecule has 31 heavy (non-hydrogen) atoms. The standard InChI is InChI=1S/C24H30F2N4O/c25-19-1-2-21(26)20(13-19)22-3-4-23(29-28-22)27-15-18-14-24(18)7-9-30(10-8-24)16-17-5-11-31-12-6-17/h1-4,13,17-18H,5-12,14-16H2,(H,27,29)/t18-/m0/s1. The molecule has 2 aliphatic heterocycles. The Morgan fingerprint density at radius 3 is 2.61 bits per heavy atom. The molecule has 1 N–H and O–H groups in total. The van der Waals surface area contributed by atoms with Crippen molar-refractivity contribution < 1.29 is 13.5 Å². The van der Waals surface area contributed by atoms with Gasteiger partial charge in [0.1, 0.15) is 17.5 Å². The number of nitrogens with one attached hydrogen (secondary N) is 1. The van der Waals surface area contributed by atoms with Gasteiger partial charge in [-0.3, -0.25) is 0 Å². The molecule has 1 aromatic carbocycles. The lowest BCUT2D eigenvalue weighted by Crippen LogP contribution is -2.39. The summed E-state index contributed by atoms with van der Waals surface area (Å²) in [4.78, 5) is 2.65. The maximum Gasteiger partial charge on any atom is 0.148 e. The minimum Gasteiger partial charge on any atom is -0.381 e. The third-order valence-corrected chi connectivity index (χ3v) is 7.47. The number of halogens is 2. The van der Waals surface area contributed by atoms with Gasteiger partial charge >= 0.3 is 0 Å². The molecule has 0 amide bonds. The fraction of sp³-hybridized carbons (Fsp3) is 0.583. The highest BCUT2D eigenvalue weighted by molar-refractivity contribution is 5.60. The van der Waals surface area contributed by atoms with E-state index in [2.05, 4.69) is 20.4 Å². The summed E-state index contributed by atoms with van der Waals surface area (Å²) in [6.45, 7) is 6.40. The van der Waals surface area contributed by atoms with Gasteiger partial charge in [-0.25, -0.2) is 8.78 Å². The van der Waals surface area contributed by atoms with E-state index in [1.165, 1.54) is 51.7 Å². The molecule has 3 fully saturated rings. The number of hydrogen-bond donors (Lipinski definition) is 1. The number of piperidine rings is 1. The maximum absolute atomic E-state index is 13.9. The van der Waals surface area contributed by atoms with Crippen LogP contribution < -0.4 is 5.32 Å². The monoisotopic (exact) mass is 428 g/mol. The van der Waals surface area contributed by atoms with Crippen molar-refractivity contribution in [3.05, 3.63) is 42.0 Å². The first-order valence-corrected chi connectivity index (χ1v) is 11.4. The molecule has 5 rings (SSSR count). The van der Waals surface area contributed by atoms with Crippen LogP contribution in [0.25, 0.3) is 11.3 Å². The van der Waals surface area contributed by atoms with Gasteiger partial charge in [0.05, 0.1) is 5.69 Å². The molecule has 7 heteroatoms. The molecule has 1 aromatic heterocycles. The van der Waals surface area contributed by atoms with Crippen molar-refractivity contribution in [3.8, 4) is 11.3 Å². The molecule has 0 unspecified atom stereocenters. The van der Waals surface area contributed by atoms with E-state index in [0.717, 1.165) is 43.9 Å². The Morgan fingerprint density at radius 1 is 1.06 bits per heavy atom. The van der Waals surface area contributed by atoms with Crippen LogP contribution >= 0.6 is 0 Å². The molecular formula is C24H30F2N4O. The van der Waals surface area contributed by atoms with E-state index in [0.29, 0.717) is 22.8 Å². The summed E-state index contributed by atoms with van der Waals surface area (Å²) < 4.78 is 32.8. The third-order valence-electron chi connectivity index (χ3n) is 7.47. The Hall–Kier alpha value is -2.12. The van der Waals surface area contributed by atoms with Crippen molar-refractivity contribution >= 4 is 5.82 Å². The quantitative estimate of drug-likeness (QED) is 0.741. The Labute approximate surface area is 182 Å². The van der Waals surface area contributed by atoms with Crippen LogP contribution in [0.4, 0.5) is 14.6 Å². The molecule has 0 radical (unpaired) electrons. The van der Waals surface area contributed by atoms with Crippen LogP contribution in [-0.4, -0.2) is 54.5 Å². The Morgan fingerprint density at radius 2 is 1.87 bits per heavy atom. The van der Waals surface area contributed by atoms with Gasteiger partial charge in [0.15, 0.2) is 0 Å². The average Bonchev–Trinajstić information content (AvgIpc) is 3.48. The Kier molecular flexibility index (Phi) is 5.89. The first-order valence-electron chi connectivity index (χ1n) is 11.4. The smallest absolute Gasteiger partial charge is 0.148 e. The van der Waals surface area contributed by atoms with Crippen molar-refractivity contribution in [2.45, 2.75) is 32.1 Å². The van der Waals surface area contributed by atoms with Crippen LogP contribution in [0.15, 0.2) is 30.3 Å². The number of rotatable bonds is 6. The normalized spacial score (nSPS) is 23.7. The topological polar surface area (TPSA) is 50.3 Å². The molecule has 166 valence electrons. The number of benzene rings is 1. The van der Waals surface area contributed by atoms with Gasteiger partial charge in [0.2, 0.25) is 0 Å². The summed E-state index contributed by atoms with van der Waals surface area (Å²) in [6.07, 6.45) is 6.27. The highest BCUT2D eigenvalue weighted by atomic mass is 19.1. The third kappa shape index (κ3) is 4.72. The van der Waals surface area contributed by atoms with Gasteiger partial charge in [-0.15, -0.1) is 10.2 Å². The fourth-order valence-electron chi connectivity index (χ4n) is 5.30. The van der Waals surface area contributed by atoms with Crippen molar-refractivity contribution in [2.24, 2.45) is 17.3 Å². The largest absolute Gasteiger partial charge is 0.381 e. The second-order valence-corrected chi connectivity index (χ2v) is 9.43. The van der Waals surface area contributed by atoms with Crippen LogP contribution in [-0.2, 0) is 4.74 Å². The lowest BCUT2D eigenvalue weighted by Gasteiger charge is -2.36. The van der Waals surface area contributed by atoms with E-state index in [1.807, 2.05) is 0 Å². The van der Waals surface area contributed by atoms with Gasteiger partial charge in [-0.1, -0.05) is 0 Å². The Balaban J connectivity index is 1.09. The van der Waals surface area contributed by atoms with Crippen LogP contribution in [0.5, 0.6) is 0 Å². The van der Waals surface area contributed by atoms with Gasteiger partial charge in [0.25, 0.3) is 0 Å². The number of aromatic nitrogens is 2. The van der Waals surface area contributed by atoms with E-state index < -0.39 is 11.6 Å². The molecule has 2 aromatic rings. The molecule has 1 spiro atoms. The highest BCUT2D eigenvalue weighted by Crippen LogP contribution is 2.59. The van der Waals surface area contributed by atoms with E-state index in [4.69, 9.17) is 4.74 Å². The summed E-state index contributed by atoms with van der Waals surface area (Å²) in [5.74, 6) is 1.18. The van der Waals surface area contributed by atoms with Crippen LogP contribution in [0.1, 0.15) is 32.1 Å². The number of likely N-dealkylation sites (tertiary alicyclic amines) is 1. The molecule has 1 aliphatic carbocycles. The summed E-state index contributed by atoms with van der Waals surface area (Å²) in [5.41, 5.74) is 0.965. The van der Waals surface area contributed by atoms with Crippen molar-refractivity contribution in [2.75, 3.05) is 44.7 Å². The number of ether oxygens (including phenoxy) is 1. The average molecular weight is 429 g/mol. The lowest BCUT2D eigenvalue weighted by atomic mass is 9.89. The molecule has 1 saturated carbocycles. The SMILES string of the molecule is Fc1ccc(F)c(-c2ccc(NC[C@@H]3CC34CCN(CC3CCOCC3)CC4)nn2)c1. The number of hydrogen-bond acceptors (Lipinski definition) is 5. The van der Waals surface area contributed by atoms with E-state index >= 15 is 0 Å². The number of anilines is 1. The summed E-state index contributed by atoms with van der Waals surface area (Å²) in [6, 6.07) is 6.83.